The van der Waals surface area contributed by atoms with E-state index in [1.807, 2.05) is 0 Å². The topological polar surface area (TPSA) is 237 Å². The van der Waals surface area contributed by atoms with E-state index in [1.54, 1.807) is 0 Å². The van der Waals surface area contributed by atoms with Crippen molar-refractivity contribution in [2.45, 2.75) is 278 Å². The fourth-order valence-electron chi connectivity index (χ4n) is 7.91. The molecular formula is C55H106O17P2. The summed E-state index contributed by atoms with van der Waals surface area (Å²) in [5, 5.41) is 10.5. The number of hydrogen-bond acceptors (Lipinski definition) is 15. The lowest BCUT2D eigenvalue weighted by Crippen LogP contribution is -2.30. The Bertz CT molecular complexity index is 1480. The molecule has 0 aliphatic heterocycles. The predicted molar refractivity (Wildman–Crippen MR) is 289 cm³/mol. The van der Waals surface area contributed by atoms with Crippen LogP contribution in [-0.2, 0) is 65.4 Å². The molecule has 438 valence electrons. The van der Waals surface area contributed by atoms with E-state index in [0.29, 0.717) is 31.6 Å². The summed E-state index contributed by atoms with van der Waals surface area (Å²) in [6.45, 7) is 9.23. The number of carbonyl (C=O) groups excluding carboxylic acids is 4. The van der Waals surface area contributed by atoms with Crippen molar-refractivity contribution in [3.63, 3.8) is 0 Å². The van der Waals surface area contributed by atoms with E-state index in [2.05, 4.69) is 41.5 Å². The highest BCUT2D eigenvalue weighted by molar-refractivity contribution is 7.47. The van der Waals surface area contributed by atoms with Gasteiger partial charge in [-0.2, -0.15) is 0 Å². The molecule has 74 heavy (non-hydrogen) atoms. The monoisotopic (exact) mass is 1100 g/mol. The number of aliphatic hydroxyl groups is 1. The first-order valence-electron chi connectivity index (χ1n) is 29.0. The third kappa shape index (κ3) is 48.4. The minimum atomic E-state index is -4.93. The Hall–Kier alpha value is -1.94. The molecule has 0 saturated carbocycles. The Morgan fingerprint density at radius 3 is 1.03 bits per heavy atom. The lowest BCUT2D eigenvalue weighted by molar-refractivity contribution is -0.161. The molecule has 0 spiro atoms. The average molecular weight is 1100 g/mol. The Morgan fingerprint density at radius 1 is 0.392 bits per heavy atom. The summed E-state index contributed by atoms with van der Waals surface area (Å²) in [6, 6.07) is 0. The van der Waals surface area contributed by atoms with Crippen molar-refractivity contribution in [3.05, 3.63) is 0 Å². The van der Waals surface area contributed by atoms with Crippen molar-refractivity contribution >= 4 is 39.5 Å². The lowest BCUT2D eigenvalue weighted by atomic mass is 10.00. The molecule has 0 fully saturated rings. The Morgan fingerprint density at radius 2 is 0.689 bits per heavy atom. The van der Waals surface area contributed by atoms with E-state index in [0.717, 1.165) is 128 Å². The number of carbonyl (C=O) groups is 4. The maximum atomic E-state index is 12.9. The average Bonchev–Trinajstić information content (AvgIpc) is 3.36. The highest BCUT2D eigenvalue weighted by atomic mass is 31.2. The Kier molecular flexibility index (Phi) is 46.9. The van der Waals surface area contributed by atoms with E-state index in [9.17, 15) is 43.2 Å². The smallest absolute Gasteiger partial charge is 0.462 e. The van der Waals surface area contributed by atoms with Gasteiger partial charge in [0.15, 0.2) is 12.2 Å². The van der Waals surface area contributed by atoms with E-state index < -0.39 is 97.5 Å². The van der Waals surface area contributed by atoms with Gasteiger partial charge in [0.2, 0.25) is 0 Å². The van der Waals surface area contributed by atoms with Crippen LogP contribution in [0.3, 0.4) is 0 Å². The molecule has 3 N–H and O–H groups in total. The van der Waals surface area contributed by atoms with Crippen molar-refractivity contribution in [2.75, 3.05) is 39.6 Å². The van der Waals surface area contributed by atoms with Crippen LogP contribution >= 0.6 is 15.6 Å². The summed E-state index contributed by atoms with van der Waals surface area (Å²) in [5.74, 6) is -0.732. The van der Waals surface area contributed by atoms with Gasteiger partial charge in [-0.25, -0.2) is 9.13 Å². The van der Waals surface area contributed by atoms with Gasteiger partial charge in [0.25, 0.3) is 0 Å². The van der Waals surface area contributed by atoms with Gasteiger partial charge in [-0.1, -0.05) is 208 Å². The van der Waals surface area contributed by atoms with Crippen molar-refractivity contribution < 1.29 is 80.2 Å². The number of aliphatic hydroxyl groups excluding tert-OH is 1. The Balaban J connectivity index is 5.21. The van der Waals surface area contributed by atoms with Gasteiger partial charge in [-0.05, 0) is 37.5 Å². The van der Waals surface area contributed by atoms with Crippen molar-refractivity contribution in [1.82, 2.24) is 0 Å². The van der Waals surface area contributed by atoms with E-state index >= 15 is 0 Å². The zero-order valence-electron chi connectivity index (χ0n) is 47.1. The van der Waals surface area contributed by atoms with Crippen LogP contribution in [-0.4, -0.2) is 96.7 Å². The molecule has 6 atom stereocenters. The van der Waals surface area contributed by atoms with Crippen molar-refractivity contribution in [2.24, 2.45) is 11.8 Å². The first-order valence-corrected chi connectivity index (χ1v) is 32.0. The third-order valence-corrected chi connectivity index (χ3v) is 14.7. The maximum Gasteiger partial charge on any atom is 0.472 e. The van der Waals surface area contributed by atoms with Gasteiger partial charge in [0.05, 0.1) is 26.4 Å². The molecule has 0 amide bonds. The van der Waals surface area contributed by atoms with Gasteiger partial charge in [0.1, 0.15) is 19.3 Å². The van der Waals surface area contributed by atoms with E-state index in [4.69, 9.17) is 37.0 Å². The van der Waals surface area contributed by atoms with Gasteiger partial charge >= 0.3 is 39.5 Å². The fourth-order valence-corrected chi connectivity index (χ4v) is 9.49. The summed E-state index contributed by atoms with van der Waals surface area (Å²) in [7, 11) is -9.86. The van der Waals surface area contributed by atoms with Crippen LogP contribution in [0, 0.1) is 11.8 Å². The standard InChI is InChI=1S/C55H106O17P2/c1-7-10-12-14-17-25-31-37-52(57)65-43-50(71-54(59)39-33-27-18-15-13-11-8-2)45-69-73(61,62)67-41-49(56)42-68-74(63,64)70-46-51(72-55(60)40-34-28-20-16-19-23-29-35-47(4)5)44-66-53(58)38-32-26-22-21-24-30-36-48(6)9-3/h47-51,56H,7-46H2,1-6H3,(H,61,62)(H,63,64)/t48?,49-,50+,51+/m0/s1. The second kappa shape index (κ2) is 48.2. The van der Waals surface area contributed by atoms with Gasteiger partial charge in [-0.3, -0.25) is 37.3 Å². The number of hydrogen-bond donors (Lipinski definition) is 3. The summed E-state index contributed by atoms with van der Waals surface area (Å²) < 4.78 is 67.4. The molecule has 19 heteroatoms. The maximum absolute atomic E-state index is 12.9. The second-order valence-electron chi connectivity index (χ2n) is 20.7. The molecule has 0 aliphatic rings. The normalized spacial score (nSPS) is 14.9. The lowest BCUT2D eigenvalue weighted by Gasteiger charge is -2.21. The number of esters is 4. The number of ether oxygens (including phenoxy) is 4. The molecule has 0 aromatic rings. The third-order valence-electron chi connectivity index (χ3n) is 12.8. The predicted octanol–water partition coefficient (Wildman–Crippen LogP) is 14.1. The van der Waals surface area contributed by atoms with Crippen LogP contribution in [0.15, 0.2) is 0 Å². The fraction of sp³-hybridized carbons (Fsp3) is 0.927. The minimum absolute atomic E-state index is 0.102. The molecule has 0 heterocycles. The molecule has 0 aliphatic carbocycles. The van der Waals surface area contributed by atoms with Crippen molar-refractivity contribution in [3.8, 4) is 0 Å². The highest BCUT2D eigenvalue weighted by Gasteiger charge is 2.30. The van der Waals surface area contributed by atoms with Gasteiger partial charge in [-0.15, -0.1) is 0 Å². The SMILES string of the molecule is CCCCCCCCCC(=O)OC[C@H](COP(=O)(O)OC[C@H](O)COP(=O)(O)OC[C@@H](COC(=O)CCCCCCCCC(C)CC)OC(=O)CCCCCCCCCC(C)C)OC(=O)CCCCCCCCC. The zero-order chi connectivity index (χ0) is 55.1. The van der Waals surface area contributed by atoms with Crippen LogP contribution in [0.4, 0.5) is 0 Å². The van der Waals surface area contributed by atoms with E-state index in [1.165, 1.54) is 44.9 Å². The van der Waals surface area contributed by atoms with Crippen LogP contribution in [0.25, 0.3) is 0 Å². The number of rotatable bonds is 54. The molecule has 0 radical (unpaired) electrons. The molecule has 0 aromatic heterocycles. The zero-order valence-corrected chi connectivity index (χ0v) is 48.9. The summed E-state index contributed by atoms with van der Waals surface area (Å²) in [5.41, 5.74) is 0. The number of phosphoric ester groups is 2. The first-order chi connectivity index (χ1) is 35.4. The molecule has 0 rings (SSSR count). The second-order valence-corrected chi connectivity index (χ2v) is 23.6. The van der Waals surface area contributed by atoms with Crippen LogP contribution in [0.1, 0.15) is 260 Å². The molecule has 3 unspecified atom stereocenters. The van der Waals surface area contributed by atoms with Gasteiger partial charge < -0.3 is 33.8 Å². The molecule has 0 bridgehead atoms. The summed E-state index contributed by atoms with van der Waals surface area (Å²) >= 11 is 0. The molecule has 0 saturated heterocycles. The Labute approximate surface area is 447 Å². The largest absolute Gasteiger partial charge is 0.472 e. The van der Waals surface area contributed by atoms with Crippen LogP contribution in [0.2, 0.25) is 0 Å². The highest BCUT2D eigenvalue weighted by Crippen LogP contribution is 2.45. The summed E-state index contributed by atoms with van der Waals surface area (Å²) in [4.78, 5) is 71.5. The first kappa shape index (κ1) is 72.1. The summed E-state index contributed by atoms with van der Waals surface area (Å²) in [6.07, 6.45) is 27.0. The molecule has 0 aromatic carbocycles. The molecular weight excluding hydrogens is 995 g/mol. The van der Waals surface area contributed by atoms with E-state index in [-0.39, 0.29) is 25.7 Å². The van der Waals surface area contributed by atoms with Crippen molar-refractivity contribution in [1.29, 1.82) is 0 Å². The number of unbranched alkanes of at least 4 members (excludes halogenated alkanes) is 23. The molecule has 17 nitrogen and oxygen atoms in total. The quantitative estimate of drug-likeness (QED) is 0.0222. The minimum Gasteiger partial charge on any atom is -0.462 e. The van der Waals surface area contributed by atoms with Crippen LogP contribution < -0.4 is 0 Å². The number of phosphoric acid groups is 2. The van der Waals surface area contributed by atoms with Gasteiger partial charge in [0, 0.05) is 25.7 Å². The van der Waals surface area contributed by atoms with Crippen LogP contribution in [0.5, 0.6) is 0 Å².